The molecule has 0 aromatic carbocycles. The Bertz CT molecular complexity index is 207. The molecule has 3 unspecified atom stereocenters. The van der Waals surface area contributed by atoms with Gasteiger partial charge < -0.3 is 10.2 Å². The van der Waals surface area contributed by atoms with Crippen LogP contribution in [0, 0.1) is 5.92 Å². The van der Waals surface area contributed by atoms with Gasteiger partial charge in [-0.2, -0.15) is 23.5 Å². The normalized spacial score (nSPS) is 37.5. The Labute approximate surface area is 108 Å². The summed E-state index contributed by atoms with van der Waals surface area (Å²) in [4.78, 5) is 2.45. The highest BCUT2D eigenvalue weighted by Gasteiger charge is 2.24. The van der Waals surface area contributed by atoms with Crippen LogP contribution in [0.3, 0.4) is 0 Å². The standard InChI is InChI=1S/C12H24N2S2/c1-10-8-14(2)4-3-12(10)13-7-11-9-15-5-6-16-11/h10-13H,3-9H2,1-2H3. The van der Waals surface area contributed by atoms with Gasteiger partial charge in [-0.05, 0) is 25.9 Å². The number of likely N-dealkylation sites (tertiary alicyclic amines) is 1. The number of hydrogen-bond donors (Lipinski definition) is 1. The van der Waals surface area contributed by atoms with Crippen LogP contribution in [0.1, 0.15) is 13.3 Å². The van der Waals surface area contributed by atoms with Gasteiger partial charge in [-0.3, -0.25) is 0 Å². The highest BCUT2D eigenvalue weighted by Crippen LogP contribution is 2.24. The van der Waals surface area contributed by atoms with Crippen molar-refractivity contribution in [2.75, 3.05) is 43.9 Å². The van der Waals surface area contributed by atoms with Crippen molar-refractivity contribution in [1.29, 1.82) is 0 Å². The lowest BCUT2D eigenvalue weighted by Crippen LogP contribution is -2.48. The van der Waals surface area contributed by atoms with Crippen molar-refractivity contribution in [1.82, 2.24) is 10.2 Å². The fourth-order valence-electron chi connectivity index (χ4n) is 2.59. The van der Waals surface area contributed by atoms with E-state index in [0.717, 1.165) is 17.2 Å². The molecule has 0 radical (unpaired) electrons. The molecule has 2 nitrogen and oxygen atoms in total. The Morgan fingerprint density at radius 1 is 1.38 bits per heavy atom. The number of rotatable bonds is 3. The first-order chi connectivity index (χ1) is 7.75. The minimum Gasteiger partial charge on any atom is -0.312 e. The zero-order chi connectivity index (χ0) is 11.4. The van der Waals surface area contributed by atoms with Crippen LogP contribution < -0.4 is 5.32 Å². The SMILES string of the molecule is CC1CN(C)CCC1NCC1CSCCS1. The zero-order valence-electron chi connectivity index (χ0n) is 10.4. The van der Waals surface area contributed by atoms with Crippen molar-refractivity contribution in [2.24, 2.45) is 5.92 Å². The lowest BCUT2D eigenvalue weighted by molar-refractivity contribution is 0.176. The Kier molecular flexibility index (Phi) is 5.33. The summed E-state index contributed by atoms with van der Waals surface area (Å²) < 4.78 is 0. The summed E-state index contributed by atoms with van der Waals surface area (Å²) in [5, 5.41) is 4.65. The number of thioether (sulfide) groups is 2. The van der Waals surface area contributed by atoms with E-state index < -0.39 is 0 Å². The molecule has 0 bridgehead atoms. The van der Waals surface area contributed by atoms with E-state index in [1.54, 1.807) is 0 Å². The van der Waals surface area contributed by atoms with E-state index in [1.807, 2.05) is 0 Å². The average Bonchev–Trinajstić information content (AvgIpc) is 2.29. The molecule has 2 fully saturated rings. The fraction of sp³-hybridized carbons (Fsp3) is 1.00. The fourth-order valence-corrected chi connectivity index (χ4v) is 5.22. The van der Waals surface area contributed by atoms with E-state index in [-0.39, 0.29) is 0 Å². The molecule has 0 aliphatic carbocycles. The molecule has 0 aromatic rings. The van der Waals surface area contributed by atoms with Crippen molar-refractivity contribution in [3.05, 3.63) is 0 Å². The second-order valence-corrected chi connectivity index (χ2v) is 7.67. The second-order valence-electron chi connectivity index (χ2n) is 5.11. The zero-order valence-corrected chi connectivity index (χ0v) is 12.1. The van der Waals surface area contributed by atoms with Crippen LogP contribution in [0.2, 0.25) is 0 Å². The first-order valence-electron chi connectivity index (χ1n) is 6.37. The third kappa shape index (κ3) is 3.83. The monoisotopic (exact) mass is 260 g/mol. The number of nitrogens with one attached hydrogen (secondary N) is 1. The third-order valence-electron chi connectivity index (χ3n) is 3.60. The van der Waals surface area contributed by atoms with Gasteiger partial charge in [0.15, 0.2) is 0 Å². The Balaban J connectivity index is 1.68. The van der Waals surface area contributed by atoms with Crippen molar-refractivity contribution in [3.63, 3.8) is 0 Å². The quantitative estimate of drug-likeness (QED) is 0.831. The van der Waals surface area contributed by atoms with Gasteiger partial charge in [0, 0.05) is 41.6 Å². The molecule has 2 aliphatic rings. The van der Waals surface area contributed by atoms with Crippen LogP contribution in [0.15, 0.2) is 0 Å². The van der Waals surface area contributed by atoms with Crippen LogP contribution in [-0.2, 0) is 0 Å². The van der Waals surface area contributed by atoms with Crippen LogP contribution in [0.25, 0.3) is 0 Å². The molecule has 94 valence electrons. The average molecular weight is 260 g/mol. The largest absolute Gasteiger partial charge is 0.312 e. The van der Waals surface area contributed by atoms with Gasteiger partial charge in [-0.15, -0.1) is 0 Å². The summed E-state index contributed by atoms with van der Waals surface area (Å²) in [6, 6.07) is 0.753. The van der Waals surface area contributed by atoms with Gasteiger partial charge in [-0.25, -0.2) is 0 Å². The van der Waals surface area contributed by atoms with Crippen LogP contribution in [-0.4, -0.2) is 60.1 Å². The van der Waals surface area contributed by atoms with Crippen LogP contribution >= 0.6 is 23.5 Å². The van der Waals surface area contributed by atoms with Crippen LogP contribution in [0.4, 0.5) is 0 Å². The maximum atomic E-state index is 3.80. The van der Waals surface area contributed by atoms with Crippen molar-refractivity contribution in [2.45, 2.75) is 24.6 Å². The summed E-state index contributed by atoms with van der Waals surface area (Å²) in [6.07, 6.45) is 1.32. The minimum absolute atomic E-state index is 0.753. The topological polar surface area (TPSA) is 15.3 Å². The predicted octanol–water partition coefficient (Wildman–Crippen LogP) is 1.76. The maximum absolute atomic E-state index is 3.80. The van der Waals surface area contributed by atoms with Crippen molar-refractivity contribution < 1.29 is 0 Å². The van der Waals surface area contributed by atoms with E-state index in [4.69, 9.17) is 0 Å². The molecule has 0 aromatic heterocycles. The maximum Gasteiger partial charge on any atom is 0.0263 e. The van der Waals surface area contributed by atoms with Crippen molar-refractivity contribution >= 4 is 23.5 Å². The Morgan fingerprint density at radius 3 is 2.94 bits per heavy atom. The van der Waals surface area contributed by atoms with Gasteiger partial charge in [0.2, 0.25) is 0 Å². The summed E-state index contributed by atoms with van der Waals surface area (Å²) in [5.41, 5.74) is 0. The van der Waals surface area contributed by atoms with Gasteiger partial charge in [0.1, 0.15) is 0 Å². The summed E-state index contributed by atoms with van der Waals surface area (Å²) in [5.74, 6) is 4.85. The van der Waals surface area contributed by atoms with E-state index in [1.165, 1.54) is 43.3 Å². The highest BCUT2D eigenvalue weighted by molar-refractivity contribution is 8.06. The van der Waals surface area contributed by atoms with Gasteiger partial charge in [0.05, 0.1) is 0 Å². The number of hydrogen-bond acceptors (Lipinski definition) is 4. The summed E-state index contributed by atoms with van der Waals surface area (Å²) in [6.45, 7) is 6.12. The van der Waals surface area contributed by atoms with E-state index >= 15 is 0 Å². The summed E-state index contributed by atoms with van der Waals surface area (Å²) in [7, 11) is 2.24. The molecule has 0 spiro atoms. The number of nitrogens with zero attached hydrogens (tertiary/aromatic N) is 1. The van der Waals surface area contributed by atoms with Crippen LogP contribution in [0.5, 0.6) is 0 Å². The first kappa shape index (κ1) is 13.1. The molecule has 2 saturated heterocycles. The Morgan fingerprint density at radius 2 is 2.25 bits per heavy atom. The van der Waals surface area contributed by atoms with Gasteiger partial charge >= 0.3 is 0 Å². The van der Waals surface area contributed by atoms with E-state index in [9.17, 15) is 0 Å². The smallest absolute Gasteiger partial charge is 0.0263 e. The molecule has 2 rings (SSSR count). The third-order valence-corrected chi connectivity index (χ3v) is 6.45. The molecular formula is C12H24N2S2. The van der Waals surface area contributed by atoms with Gasteiger partial charge in [-0.1, -0.05) is 6.92 Å². The van der Waals surface area contributed by atoms with Crippen molar-refractivity contribution in [3.8, 4) is 0 Å². The molecule has 4 heteroatoms. The molecular weight excluding hydrogens is 236 g/mol. The van der Waals surface area contributed by atoms with E-state index in [2.05, 4.69) is 47.7 Å². The lowest BCUT2D eigenvalue weighted by Gasteiger charge is -2.36. The molecule has 0 amide bonds. The van der Waals surface area contributed by atoms with E-state index in [0.29, 0.717) is 0 Å². The molecule has 16 heavy (non-hydrogen) atoms. The Hall–Kier alpha value is 0.620. The second kappa shape index (κ2) is 6.53. The molecule has 2 aliphatic heterocycles. The van der Waals surface area contributed by atoms with Gasteiger partial charge in [0.25, 0.3) is 0 Å². The molecule has 3 atom stereocenters. The summed E-state index contributed by atoms with van der Waals surface area (Å²) >= 11 is 4.28. The molecule has 0 saturated carbocycles. The first-order valence-corrected chi connectivity index (χ1v) is 8.57. The minimum atomic E-state index is 0.753. The lowest BCUT2D eigenvalue weighted by atomic mass is 9.94. The molecule has 2 heterocycles. The molecule has 1 N–H and O–H groups in total. The number of piperidine rings is 1. The highest BCUT2D eigenvalue weighted by atomic mass is 32.2. The predicted molar refractivity (Wildman–Crippen MR) is 76.6 cm³/mol.